The first-order valence-corrected chi connectivity index (χ1v) is 9.28. The zero-order chi connectivity index (χ0) is 13.4. The van der Waals surface area contributed by atoms with Crippen molar-refractivity contribution in [3.63, 3.8) is 0 Å². The summed E-state index contributed by atoms with van der Waals surface area (Å²) in [7, 11) is 0. The topological polar surface area (TPSA) is 17.8 Å². The van der Waals surface area contributed by atoms with Crippen molar-refractivity contribution in [1.82, 2.24) is 9.55 Å². The maximum absolute atomic E-state index is 4.23. The molecule has 1 heterocycles. The molecule has 0 fully saturated rings. The molecular formula is C17H14Cl2N2Zr. The number of benzene rings is 1. The molecule has 1 unspecified atom stereocenters. The van der Waals surface area contributed by atoms with Gasteiger partial charge in [0.05, 0.1) is 0 Å². The smallest absolute Gasteiger partial charge is 1.00 e. The van der Waals surface area contributed by atoms with Crippen LogP contribution in [0.5, 0.6) is 0 Å². The molecule has 0 radical (unpaired) electrons. The van der Waals surface area contributed by atoms with Crippen LogP contribution in [-0.4, -0.2) is 9.55 Å². The zero-order valence-electron chi connectivity index (χ0n) is 11.8. The van der Waals surface area contributed by atoms with E-state index in [1.165, 1.54) is 11.1 Å². The average Bonchev–Trinajstić information content (AvgIpc) is 3.18. The number of hydrogen-bond acceptors (Lipinski definition) is 1. The van der Waals surface area contributed by atoms with Crippen molar-refractivity contribution in [3.8, 4) is 0 Å². The summed E-state index contributed by atoms with van der Waals surface area (Å²) in [5.41, 5.74) is 2.81. The molecule has 2 aromatic rings. The first kappa shape index (κ1) is 17.5. The van der Waals surface area contributed by atoms with Crippen LogP contribution >= 0.6 is 0 Å². The second kappa shape index (κ2) is 7.59. The molecule has 0 N–H and O–H groups in total. The number of fused-ring (bicyclic) bond motifs is 1. The summed E-state index contributed by atoms with van der Waals surface area (Å²) >= 11 is -0.673. The van der Waals surface area contributed by atoms with Crippen LogP contribution in [0.4, 0.5) is 0 Å². The minimum atomic E-state index is -0.673. The number of aromatic nitrogens is 2. The maximum Gasteiger partial charge on any atom is -1.00 e. The van der Waals surface area contributed by atoms with E-state index in [4.69, 9.17) is 0 Å². The maximum atomic E-state index is 4.23. The van der Waals surface area contributed by atoms with Gasteiger partial charge in [-0.2, -0.15) is 0 Å². The van der Waals surface area contributed by atoms with Crippen molar-refractivity contribution in [1.29, 1.82) is 0 Å². The number of imidazole rings is 1. The second-order valence-electron chi connectivity index (χ2n) is 5.09. The summed E-state index contributed by atoms with van der Waals surface area (Å²) in [5.74, 6) is 0. The van der Waals surface area contributed by atoms with E-state index in [1.54, 1.807) is 6.56 Å². The minimum Gasteiger partial charge on any atom is -1.00 e. The van der Waals surface area contributed by atoms with Gasteiger partial charge in [0.2, 0.25) is 0 Å². The molecule has 0 amide bonds. The standard InChI is InChI=1S/C12H9N2.C5H5.2ClH.Zr/c1-2-4-11-10(3-1)5-6-12(11)14-8-7-13-9-14;1-2-4-5-3-1;;;/h1-5,7-9,12H;1-3H,4H2;2*1H;/q;;;;+2/p-2. The Kier molecular flexibility index (Phi) is 6.03. The van der Waals surface area contributed by atoms with Crippen molar-refractivity contribution in [2.24, 2.45) is 0 Å². The Morgan fingerprint density at radius 3 is 2.77 bits per heavy atom. The van der Waals surface area contributed by atoms with Crippen molar-refractivity contribution in [2.75, 3.05) is 0 Å². The Morgan fingerprint density at radius 1 is 1.18 bits per heavy atom. The number of halogens is 2. The van der Waals surface area contributed by atoms with Crippen LogP contribution in [0.25, 0.3) is 6.08 Å². The average molecular weight is 408 g/mol. The van der Waals surface area contributed by atoms with Gasteiger partial charge in [-0.3, -0.25) is 0 Å². The molecule has 110 valence electrons. The molecule has 0 saturated carbocycles. The van der Waals surface area contributed by atoms with E-state index in [2.05, 4.69) is 64.3 Å². The minimum absolute atomic E-state index is 0. The molecule has 4 rings (SSSR count). The quantitative estimate of drug-likeness (QED) is 0.562. The fraction of sp³-hybridized carbons (Fsp3) is 0.118. The van der Waals surface area contributed by atoms with E-state index < -0.39 is 23.2 Å². The summed E-state index contributed by atoms with van der Waals surface area (Å²) in [6.07, 6.45) is 16.3. The predicted octanol–water partition coefficient (Wildman–Crippen LogP) is -2.24. The summed E-state index contributed by atoms with van der Waals surface area (Å²) in [5, 5.41) is 0. The van der Waals surface area contributed by atoms with Gasteiger partial charge in [0.1, 0.15) is 0 Å². The van der Waals surface area contributed by atoms with Crippen LogP contribution in [0.15, 0.2) is 67.8 Å². The van der Waals surface area contributed by atoms with Crippen LogP contribution in [0.2, 0.25) is 0 Å². The summed E-state index contributed by atoms with van der Waals surface area (Å²) in [6.45, 7) is 0. The number of rotatable bonds is 3. The van der Waals surface area contributed by atoms with Crippen LogP contribution in [0.3, 0.4) is 0 Å². The first-order chi connectivity index (χ1) is 9.92. The van der Waals surface area contributed by atoms with E-state index in [-0.39, 0.29) is 24.8 Å². The molecule has 0 bridgehead atoms. The van der Waals surface area contributed by atoms with Gasteiger partial charge in [0.15, 0.2) is 0 Å². The molecule has 0 spiro atoms. The molecule has 0 saturated heterocycles. The third-order valence-corrected chi connectivity index (χ3v) is 7.23. The van der Waals surface area contributed by atoms with Crippen molar-refractivity contribution in [2.45, 2.75) is 12.5 Å². The van der Waals surface area contributed by atoms with Gasteiger partial charge in [0, 0.05) is 0 Å². The van der Waals surface area contributed by atoms with Gasteiger partial charge in [0.25, 0.3) is 0 Å². The van der Waals surface area contributed by atoms with Crippen LogP contribution in [0, 0.1) is 0 Å². The number of hydrogen-bond donors (Lipinski definition) is 0. The van der Waals surface area contributed by atoms with E-state index in [0.717, 1.165) is 6.42 Å². The van der Waals surface area contributed by atoms with Gasteiger partial charge >= 0.3 is 130 Å². The summed E-state index contributed by atoms with van der Waals surface area (Å²) in [6, 6.07) is 9.13. The van der Waals surface area contributed by atoms with Crippen molar-refractivity contribution in [3.05, 3.63) is 78.9 Å². The molecule has 1 atom stereocenters. The Morgan fingerprint density at radius 2 is 2.05 bits per heavy atom. The fourth-order valence-corrected chi connectivity index (χ4v) is 6.42. The Balaban J connectivity index is 0.000000882. The van der Waals surface area contributed by atoms with E-state index in [9.17, 15) is 0 Å². The van der Waals surface area contributed by atoms with Gasteiger partial charge < -0.3 is 24.8 Å². The molecule has 5 heteroatoms. The molecule has 0 aliphatic heterocycles. The van der Waals surface area contributed by atoms with Crippen molar-refractivity contribution < 1.29 is 48.0 Å². The molecule has 2 aliphatic rings. The Bertz CT molecular complexity index is 733. The Hall–Kier alpha value is -0.887. The largest absolute Gasteiger partial charge is 1.00 e. The van der Waals surface area contributed by atoms with Crippen LogP contribution in [-0.2, 0) is 23.2 Å². The third kappa shape index (κ3) is 3.22. The van der Waals surface area contributed by atoms with Crippen LogP contribution in [0.1, 0.15) is 23.6 Å². The molecule has 1 aromatic heterocycles. The molecule has 1 aromatic carbocycles. The predicted molar refractivity (Wildman–Crippen MR) is 76.6 cm³/mol. The van der Waals surface area contributed by atoms with Gasteiger partial charge in [-0.15, -0.1) is 0 Å². The normalized spacial score (nSPS) is 17.7. The second-order valence-corrected chi connectivity index (χ2v) is 8.70. The molecule has 2 aliphatic carbocycles. The summed E-state index contributed by atoms with van der Waals surface area (Å²) < 4.78 is 5.54. The zero-order valence-corrected chi connectivity index (χ0v) is 15.8. The fourth-order valence-electron chi connectivity index (χ4n) is 2.88. The first-order valence-electron chi connectivity index (χ1n) is 6.82. The van der Waals surface area contributed by atoms with Gasteiger partial charge in [-0.05, 0) is 0 Å². The van der Waals surface area contributed by atoms with Crippen LogP contribution < -0.4 is 24.8 Å². The van der Waals surface area contributed by atoms with E-state index in [1.807, 2.05) is 12.5 Å². The summed E-state index contributed by atoms with van der Waals surface area (Å²) in [4.78, 5) is 4.23. The van der Waals surface area contributed by atoms with E-state index in [0.29, 0.717) is 6.04 Å². The molecule has 2 nitrogen and oxygen atoms in total. The number of nitrogens with zero attached hydrogens (tertiary/aromatic N) is 2. The number of allylic oxidation sites excluding steroid dienone is 5. The molecule has 22 heavy (non-hydrogen) atoms. The SMILES string of the molecule is C1=CC[C]([Zr+2][C]2=Cc3ccccc3C2n2ccnc2)=C1.[Cl-].[Cl-]. The van der Waals surface area contributed by atoms with Gasteiger partial charge in [-0.1, -0.05) is 0 Å². The van der Waals surface area contributed by atoms with Crippen molar-refractivity contribution >= 4 is 6.08 Å². The molecular weight excluding hydrogens is 394 g/mol. The Labute approximate surface area is 154 Å². The van der Waals surface area contributed by atoms with Gasteiger partial charge in [-0.25, -0.2) is 0 Å². The van der Waals surface area contributed by atoms with E-state index >= 15 is 0 Å². The third-order valence-electron chi connectivity index (χ3n) is 3.80. The monoisotopic (exact) mass is 406 g/mol.